The zero-order chi connectivity index (χ0) is 13.5. The summed E-state index contributed by atoms with van der Waals surface area (Å²) in [7, 11) is 0. The molecule has 0 aromatic carbocycles. The van der Waals surface area contributed by atoms with Crippen molar-refractivity contribution in [3.05, 3.63) is 0 Å². The first-order chi connectivity index (χ1) is 8.50. The molecule has 1 fully saturated rings. The maximum absolute atomic E-state index is 11.4. The van der Waals surface area contributed by atoms with Crippen molar-refractivity contribution in [2.24, 2.45) is 0 Å². The van der Waals surface area contributed by atoms with Gasteiger partial charge in [-0.25, -0.2) is 4.79 Å². The van der Waals surface area contributed by atoms with Crippen LogP contribution in [0.2, 0.25) is 0 Å². The molecule has 1 saturated heterocycles. The summed E-state index contributed by atoms with van der Waals surface area (Å²) in [6.07, 6.45) is 1.07. The van der Waals surface area contributed by atoms with E-state index in [1.54, 1.807) is 0 Å². The first kappa shape index (κ1) is 13.9. The molecule has 0 radical (unpaired) electrons. The van der Waals surface area contributed by atoms with Gasteiger partial charge in [-0.15, -0.1) is 0 Å². The number of carboxylic acid groups (broad SMARTS) is 1. The van der Waals surface area contributed by atoms with Gasteiger partial charge in [0.2, 0.25) is 5.91 Å². The summed E-state index contributed by atoms with van der Waals surface area (Å²) in [5.74, 6) is -1.74. The van der Waals surface area contributed by atoms with Crippen molar-refractivity contribution in [1.82, 2.24) is 15.5 Å². The van der Waals surface area contributed by atoms with E-state index >= 15 is 0 Å². The fourth-order valence-corrected chi connectivity index (χ4v) is 1.44. The zero-order valence-electron chi connectivity index (χ0n) is 9.77. The molecule has 18 heavy (non-hydrogen) atoms. The van der Waals surface area contributed by atoms with Crippen molar-refractivity contribution in [1.29, 1.82) is 0 Å². The lowest BCUT2D eigenvalue weighted by molar-refractivity contribution is -0.137. The van der Waals surface area contributed by atoms with Gasteiger partial charge in [0, 0.05) is 13.0 Å². The molecule has 0 aromatic rings. The molecule has 1 heterocycles. The number of rotatable bonds is 7. The molecule has 100 valence electrons. The van der Waals surface area contributed by atoms with Crippen molar-refractivity contribution in [3.8, 4) is 0 Å². The predicted octanol–water partition coefficient (Wildman–Crippen LogP) is -1.09. The average molecular weight is 257 g/mol. The van der Waals surface area contributed by atoms with Crippen molar-refractivity contribution in [2.45, 2.75) is 19.3 Å². The van der Waals surface area contributed by atoms with E-state index < -0.39 is 23.8 Å². The fourth-order valence-electron chi connectivity index (χ4n) is 1.44. The maximum Gasteiger partial charge on any atom is 0.325 e. The summed E-state index contributed by atoms with van der Waals surface area (Å²) < 4.78 is 0. The Morgan fingerprint density at radius 3 is 2.61 bits per heavy atom. The number of hydrogen-bond donors (Lipinski definition) is 3. The standard InChI is InChI=1S/C10H15N3O5/c14-7(11-4-2-1-3-9(16)17)6-13-8(15)5-12-10(13)18/h1-6H2,(H,11,14)(H,12,18)(H,16,17). The molecule has 1 aliphatic rings. The minimum atomic E-state index is -0.874. The van der Waals surface area contributed by atoms with Crippen molar-refractivity contribution < 1.29 is 24.3 Å². The molecule has 4 amide bonds. The Morgan fingerprint density at radius 1 is 1.33 bits per heavy atom. The summed E-state index contributed by atoms with van der Waals surface area (Å²) in [6.45, 7) is -0.0515. The van der Waals surface area contributed by atoms with Crippen LogP contribution in [0.25, 0.3) is 0 Å². The molecule has 1 aliphatic heterocycles. The maximum atomic E-state index is 11.4. The topological polar surface area (TPSA) is 116 Å². The van der Waals surface area contributed by atoms with Crippen LogP contribution in [0.4, 0.5) is 4.79 Å². The van der Waals surface area contributed by atoms with E-state index in [1.165, 1.54) is 0 Å². The molecule has 3 N–H and O–H groups in total. The summed E-state index contributed by atoms with van der Waals surface area (Å²) in [4.78, 5) is 44.7. The number of nitrogens with zero attached hydrogens (tertiary/aromatic N) is 1. The van der Waals surface area contributed by atoms with Crippen molar-refractivity contribution in [2.75, 3.05) is 19.6 Å². The van der Waals surface area contributed by atoms with Crippen LogP contribution in [-0.2, 0) is 14.4 Å². The van der Waals surface area contributed by atoms with E-state index in [1.807, 2.05) is 0 Å². The second-order valence-electron chi connectivity index (χ2n) is 3.84. The number of nitrogens with one attached hydrogen (secondary N) is 2. The van der Waals surface area contributed by atoms with E-state index in [0.29, 0.717) is 19.4 Å². The number of imide groups is 1. The molecule has 1 rings (SSSR count). The average Bonchev–Trinajstić information content (AvgIpc) is 2.60. The van der Waals surface area contributed by atoms with Crippen LogP contribution in [-0.4, -0.2) is 53.5 Å². The lowest BCUT2D eigenvalue weighted by Crippen LogP contribution is -2.41. The molecule has 0 bridgehead atoms. The molecule has 0 unspecified atom stereocenters. The number of carboxylic acids is 1. The minimum absolute atomic E-state index is 0.0584. The monoisotopic (exact) mass is 257 g/mol. The van der Waals surface area contributed by atoms with Gasteiger partial charge in [0.05, 0.1) is 6.54 Å². The zero-order valence-corrected chi connectivity index (χ0v) is 9.77. The van der Waals surface area contributed by atoms with Crippen molar-refractivity contribution >= 4 is 23.8 Å². The van der Waals surface area contributed by atoms with Crippen LogP contribution in [0.1, 0.15) is 19.3 Å². The Labute approximate surface area is 103 Å². The lowest BCUT2D eigenvalue weighted by atomic mass is 10.2. The highest BCUT2D eigenvalue weighted by Gasteiger charge is 2.29. The van der Waals surface area contributed by atoms with Gasteiger partial charge in [-0.3, -0.25) is 19.3 Å². The van der Waals surface area contributed by atoms with Crippen LogP contribution >= 0.6 is 0 Å². The Hall–Kier alpha value is -2.12. The highest BCUT2D eigenvalue weighted by molar-refractivity contribution is 6.04. The molecular formula is C10H15N3O5. The molecule has 0 spiro atoms. The van der Waals surface area contributed by atoms with Crippen LogP contribution < -0.4 is 10.6 Å². The summed E-state index contributed by atoms with van der Waals surface area (Å²) in [5, 5.41) is 13.2. The van der Waals surface area contributed by atoms with E-state index in [9.17, 15) is 19.2 Å². The minimum Gasteiger partial charge on any atom is -0.481 e. The molecule has 0 saturated carbocycles. The number of aliphatic carboxylic acids is 1. The van der Waals surface area contributed by atoms with Gasteiger partial charge in [-0.2, -0.15) is 0 Å². The largest absolute Gasteiger partial charge is 0.481 e. The van der Waals surface area contributed by atoms with Gasteiger partial charge >= 0.3 is 12.0 Å². The van der Waals surface area contributed by atoms with Crippen LogP contribution in [0, 0.1) is 0 Å². The summed E-state index contributed by atoms with van der Waals surface area (Å²) >= 11 is 0. The highest BCUT2D eigenvalue weighted by atomic mass is 16.4. The number of amides is 4. The normalized spacial score (nSPS) is 14.6. The molecule has 0 aromatic heterocycles. The Bertz CT molecular complexity index is 353. The predicted molar refractivity (Wildman–Crippen MR) is 59.6 cm³/mol. The Balaban J connectivity index is 2.16. The number of hydrogen-bond acceptors (Lipinski definition) is 4. The number of unbranched alkanes of at least 4 members (excludes halogenated alkanes) is 1. The quantitative estimate of drug-likeness (QED) is 0.396. The Kier molecular flexibility index (Phi) is 5.09. The molecular weight excluding hydrogens is 242 g/mol. The van der Waals surface area contributed by atoms with Gasteiger partial charge < -0.3 is 15.7 Å². The first-order valence-corrected chi connectivity index (χ1v) is 5.57. The van der Waals surface area contributed by atoms with Crippen LogP contribution in [0.5, 0.6) is 0 Å². The Morgan fingerprint density at radius 2 is 2.06 bits per heavy atom. The smallest absolute Gasteiger partial charge is 0.325 e. The van der Waals surface area contributed by atoms with E-state index in [0.717, 1.165) is 4.90 Å². The van der Waals surface area contributed by atoms with Crippen LogP contribution in [0.15, 0.2) is 0 Å². The van der Waals surface area contributed by atoms with Gasteiger partial charge in [0.1, 0.15) is 6.54 Å². The summed E-state index contributed by atoms with van der Waals surface area (Å²) in [6, 6.07) is -0.568. The third kappa shape index (κ3) is 4.40. The van der Waals surface area contributed by atoms with Gasteiger partial charge in [-0.05, 0) is 12.8 Å². The summed E-state index contributed by atoms with van der Waals surface area (Å²) in [5.41, 5.74) is 0. The lowest BCUT2D eigenvalue weighted by Gasteiger charge is -2.11. The van der Waals surface area contributed by atoms with E-state index in [4.69, 9.17) is 5.11 Å². The second kappa shape index (κ2) is 6.58. The third-order valence-corrected chi connectivity index (χ3v) is 2.38. The number of carbonyl (C=O) groups excluding carboxylic acids is 3. The molecule has 0 aliphatic carbocycles. The number of urea groups is 1. The first-order valence-electron chi connectivity index (χ1n) is 5.57. The number of carbonyl (C=O) groups is 4. The van der Waals surface area contributed by atoms with Gasteiger partial charge in [0.25, 0.3) is 5.91 Å². The molecule has 8 heteroatoms. The van der Waals surface area contributed by atoms with E-state index in [-0.39, 0.29) is 19.5 Å². The second-order valence-corrected chi connectivity index (χ2v) is 3.84. The SMILES string of the molecule is O=C(O)CCCCNC(=O)CN1C(=O)CNC1=O. The van der Waals surface area contributed by atoms with Gasteiger partial charge in [0.15, 0.2) is 0 Å². The van der Waals surface area contributed by atoms with Crippen LogP contribution in [0.3, 0.4) is 0 Å². The van der Waals surface area contributed by atoms with E-state index in [2.05, 4.69) is 10.6 Å². The van der Waals surface area contributed by atoms with Gasteiger partial charge in [-0.1, -0.05) is 0 Å². The highest BCUT2D eigenvalue weighted by Crippen LogP contribution is 1.98. The molecule has 0 atom stereocenters. The molecule has 8 nitrogen and oxygen atoms in total. The fraction of sp³-hybridized carbons (Fsp3) is 0.600. The third-order valence-electron chi connectivity index (χ3n) is 2.38. The van der Waals surface area contributed by atoms with Crippen molar-refractivity contribution in [3.63, 3.8) is 0 Å².